The molecule has 0 bridgehead atoms. The fourth-order valence-electron chi connectivity index (χ4n) is 2.77. The predicted molar refractivity (Wildman–Crippen MR) is 59.0 cm³/mol. The molecule has 0 saturated heterocycles. The molecular weight excluding hydrogens is 202 g/mol. The number of nitrogens with one attached hydrogen (secondary N) is 1. The van der Waals surface area contributed by atoms with E-state index in [1.54, 1.807) is 0 Å². The molecular formula is C12H13N3O. The van der Waals surface area contributed by atoms with E-state index in [0.717, 1.165) is 31.6 Å². The van der Waals surface area contributed by atoms with Gasteiger partial charge in [0.15, 0.2) is 0 Å². The minimum atomic E-state index is 0.0267. The lowest BCUT2D eigenvalue weighted by Crippen LogP contribution is -2.24. The van der Waals surface area contributed by atoms with E-state index in [9.17, 15) is 10.1 Å². The number of nitriles is 1. The first-order chi connectivity index (χ1) is 7.81. The van der Waals surface area contributed by atoms with Crippen molar-refractivity contribution in [3.63, 3.8) is 0 Å². The maximum absolute atomic E-state index is 11.4. The molecule has 0 unspecified atom stereocenters. The maximum atomic E-state index is 11.4. The van der Waals surface area contributed by atoms with Crippen molar-refractivity contribution in [3.8, 4) is 6.07 Å². The molecule has 1 aromatic rings. The third kappa shape index (κ3) is 1.18. The number of carbonyl (C=O) groups excluding carboxylic acids is 1. The van der Waals surface area contributed by atoms with Gasteiger partial charge in [-0.2, -0.15) is 5.26 Å². The quantitative estimate of drug-likeness (QED) is 0.714. The van der Waals surface area contributed by atoms with Gasteiger partial charge in [-0.1, -0.05) is 0 Å². The van der Waals surface area contributed by atoms with Crippen molar-refractivity contribution in [3.05, 3.63) is 16.8 Å². The van der Waals surface area contributed by atoms with Crippen LogP contribution < -0.4 is 5.32 Å². The topological polar surface area (TPSA) is 57.8 Å². The van der Waals surface area contributed by atoms with E-state index in [1.807, 2.05) is 0 Å². The van der Waals surface area contributed by atoms with Crippen LogP contribution in [0.3, 0.4) is 0 Å². The third-order valence-corrected chi connectivity index (χ3v) is 3.51. The molecule has 1 aromatic heterocycles. The highest BCUT2D eigenvalue weighted by Gasteiger charge is 2.28. The van der Waals surface area contributed by atoms with Gasteiger partial charge in [-0.15, -0.1) is 0 Å². The second kappa shape index (κ2) is 3.38. The van der Waals surface area contributed by atoms with Gasteiger partial charge in [0.25, 0.3) is 0 Å². The highest BCUT2D eigenvalue weighted by Crippen LogP contribution is 2.34. The molecule has 0 saturated carbocycles. The molecule has 1 amide bonds. The van der Waals surface area contributed by atoms with Gasteiger partial charge < -0.3 is 9.88 Å². The Kier molecular flexibility index (Phi) is 2.00. The Hall–Kier alpha value is -1.76. The second-order valence-corrected chi connectivity index (χ2v) is 4.42. The van der Waals surface area contributed by atoms with Crippen LogP contribution in [0.25, 0.3) is 0 Å². The lowest BCUT2D eigenvalue weighted by Gasteiger charge is -2.20. The summed E-state index contributed by atoms with van der Waals surface area (Å²) in [7, 11) is 0. The molecule has 4 nitrogen and oxygen atoms in total. The van der Waals surface area contributed by atoms with Gasteiger partial charge in [-0.25, -0.2) is 0 Å². The summed E-state index contributed by atoms with van der Waals surface area (Å²) in [5, 5.41) is 12.0. The van der Waals surface area contributed by atoms with Crippen molar-refractivity contribution < 1.29 is 4.79 Å². The van der Waals surface area contributed by atoms with E-state index < -0.39 is 0 Å². The largest absolute Gasteiger partial charge is 0.330 e. The van der Waals surface area contributed by atoms with Crippen LogP contribution >= 0.6 is 0 Å². The number of hydrogen-bond acceptors (Lipinski definition) is 2. The number of carbonyl (C=O) groups is 1. The van der Waals surface area contributed by atoms with Crippen LogP contribution in [0.1, 0.15) is 36.1 Å². The number of anilines is 1. The molecule has 1 aliphatic carbocycles. The molecule has 0 aromatic carbocycles. The molecule has 2 heterocycles. The highest BCUT2D eigenvalue weighted by molar-refractivity contribution is 5.93. The van der Waals surface area contributed by atoms with E-state index in [1.165, 1.54) is 17.7 Å². The van der Waals surface area contributed by atoms with Gasteiger partial charge in [0.2, 0.25) is 5.91 Å². The first kappa shape index (κ1) is 9.46. The molecule has 0 atom stereocenters. The summed E-state index contributed by atoms with van der Waals surface area (Å²) in [4.78, 5) is 11.4. The number of rotatable bonds is 0. The summed E-state index contributed by atoms with van der Waals surface area (Å²) in [5.41, 5.74) is 3.14. The Labute approximate surface area is 93.9 Å². The fraction of sp³-hybridized carbons (Fsp3) is 0.500. The van der Waals surface area contributed by atoms with Crippen molar-refractivity contribution in [2.45, 2.75) is 38.6 Å². The van der Waals surface area contributed by atoms with Crippen LogP contribution in [0, 0.1) is 11.3 Å². The van der Waals surface area contributed by atoms with Crippen molar-refractivity contribution in [1.82, 2.24) is 4.57 Å². The average molecular weight is 215 g/mol. The predicted octanol–water partition coefficient (Wildman–Crippen LogP) is 1.58. The molecule has 0 fully saturated rings. The zero-order valence-electron chi connectivity index (χ0n) is 9.05. The number of hydrogen-bond donors (Lipinski definition) is 1. The SMILES string of the molecule is N#Cc1c2c(n3c1NC(=O)CC3)CCCC2. The highest BCUT2D eigenvalue weighted by atomic mass is 16.1. The van der Waals surface area contributed by atoms with Crippen molar-refractivity contribution in [2.24, 2.45) is 0 Å². The van der Waals surface area contributed by atoms with E-state index in [-0.39, 0.29) is 5.91 Å². The van der Waals surface area contributed by atoms with E-state index >= 15 is 0 Å². The molecule has 1 N–H and O–H groups in total. The Balaban J connectivity index is 2.21. The minimum Gasteiger partial charge on any atom is -0.330 e. The normalized spacial score (nSPS) is 18.3. The van der Waals surface area contributed by atoms with Gasteiger partial charge in [0, 0.05) is 18.7 Å². The van der Waals surface area contributed by atoms with E-state index in [4.69, 9.17) is 0 Å². The van der Waals surface area contributed by atoms with Crippen LogP contribution in [-0.4, -0.2) is 10.5 Å². The van der Waals surface area contributed by atoms with Gasteiger partial charge in [0.05, 0.1) is 5.56 Å². The van der Waals surface area contributed by atoms with Crippen molar-refractivity contribution in [2.75, 3.05) is 5.32 Å². The molecule has 3 rings (SSSR count). The lowest BCUT2D eigenvalue weighted by molar-refractivity contribution is -0.116. The van der Waals surface area contributed by atoms with Crippen molar-refractivity contribution in [1.29, 1.82) is 5.26 Å². The van der Waals surface area contributed by atoms with Gasteiger partial charge in [0.1, 0.15) is 11.9 Å². The first-order valence-electron chi connectivity index (χ1n) is 5.75. The zero-order chi connectivity index (χ0) is 11.1. The minimum absolute atomic E-state index is 0.0267. The molecule has 0 spiro atoms. The van der Waals surface area contributed by atoms with Crippen LogP contribution in [0.2, 0.25) is 0 Å². The summed E-state index contributed by atoms with van der Waals surface area (Å²) in [6.07, 6.45) is 4.89. The lowest BCUT2D eigenvalue weighted by atomic mass is 9.95. The summed E-state index contributed by atoms with van der Waals surface area (Å²) in [5.74, 6) is 0.768. The average Bonchev–Trinajstić information content (AvgIpc) is 2.61. The number of nitrogens with zero attached hydrogens (tertiary/aromatic N) is 2. The Morgan fingerprint density at radius 3 is 2.88 bits per heavy atom. The summed E-state index contributed by atoms with van der Waals surface area (Å²) >= 11 is 0. The molecule has 82 valence electrons. The summed E-state index contributed by atoms with van der Waals surface area (Å²) < 4.78 is 2.13. The van der Waals surface area contributed by atoms with Crippen LogP contribution in [0.15, 0.2) is 0 Å². The van der Waals surface area contributed by atoms with Crippen molar-refractivity contribution >= 4 is 11.7 Å². The first-order valence-corrected chi connectivity index (χ1v) is 5.75. The van der Waals surface area contributed by atoms with Crippen LogP contribution in [0.4, 0.5) is 5.82 Å². The molecule has 16 heavy (non-hydrogen) atoms. The molecule has 0 radical (unpaired) electrons. The molecule has 1 aliphatic heterocycles. The van der Waals surface area contributed by atoms with Gasteiger partial charge in [-0.05, 0) is 31.2 Å². The van der Waals surface area contributed by atoms with E-state index in [2.05, 4.69) is 16.0 Å². The Bertz CT molecular complexity index is 507. The second-order valence-electron chi connectivity index (χ2n) is 4.42. The van der Waals surface area contributed by atoms with Crippen LogP contribution in [-0.2, 0) is 24.2 Å². The number of fused-ring (bicyclic) bond motifs is 3. The summed E-state index contributed by atoms with van der Waals surface area (Å²) in [6.45, 7) is 0.727. The van der Waals surface area contributed by atoms with Gasteiger partial charge >= 0.3 is 0 Å². The van der Waals surface area contributed by atoms with Crippen LogP contribution in [0.5, 0.6) is 0 Å². The molecule has 4 heteroatoms. The number of amides is 1. The Morgan fingerprint density at radius 1 is 1.25 bits per heavy atom. The smallest absolute Gasteiger partial charge is 0.227 e. The number of aromatic nitrogens is 1. The van der Waals surface area contributed by atoms with E-state index in [0.29, 0.717) is 12.0 Å². The Morgan fingerprint density at radius 2 is 2.06 bits per heavy atom. The summed E-state index contributed by atoms with van der Waals surface area (Å²) in [6, 6.07) is 2.25. The zero-order valence-corrected chi connectivity index (χ0v) is 9.05. The maximum Gasteiger partial charge on any atom is 0.227 e. The molecule has 2 aliphatic rings. The van der Waals surface area contributed by atoms with Gasteiger partial charge in [-0.3, -0.25) is 4.79 Å². The standard InChI is InChI=1S/C12H13N3O/c13-7-9-8-3-1-2-4-10(8)15-6-5-11(16)14-12(9)15/h1-6H2,(H,14,16). The monoisotopic (exact) mass is 215 g/mol. The third-order valence-electron chi connectivity index (χ3n) is 3.51. The fourth-order valence-corrected chi connectivity index (χ4v) is 2.77.